The van der Waals surface area contributed by atoms with E-state index in [1.165, 1.54) is 42.5 Å². The maximum atomic E-state index is 12.3. The van der Waals surface area contributed by atoms with Crippen molar-refractivity contribution in [3.05, 3.63) is 89.5 Å². The number of anilines is 1. The molecule has 1 amide bonds. The first-order chi connectivity index (χ1) is 14.6. The highest BCUT2D eigenvalue weighted by atomic mass is 32.2. The molecule has 0 aliphatic heterocycles. The molecule has 31 heavy (non-hydrogen) atoms. The van der Waals surface area contributed by atoms with Gasteiger partial charge in [-0.05, 0) is 41.5 Å². The first-order valence-electron chi connectivity index (χ1n) is 8.78. The first kappa shape index (κ1) is 22.4. The van der Waals surface area contributed by atoms with Crippen molar-refractivity contribution in [1.82, 2.24) is 0 Å². The number of carbonyl (C=O) groups excluding carboxylic acids is 1. The molecule has 0 aliphatic rings. The summed E-state index contributed by atoms with van der Waals surface area (Å²) in [6.07, 6.45) is 2.56. The SMILES string of the molecule is O=C(Nc1ccc(C=Cc2ccccc2S(=O)(=O)O)c(S(=O)(=O)O)c1)c1ccccc1. The second-order valence-corrected chi connectivity index (χ2v) is 9.17. The highest BCUT2D eigenvalue weighted by molar-refractivity contribution is 7.86. The van der Waals surface area contributed by atoms with Crippen molar-refractivity contribution in [3.63, 3.8) is 0 Å². The highest BCUT2D eigenvalue weighted by Crippen LogP contribution is 2.25. The Labute approximate surface area is 179 Å². The van der Waals surface area contributed by atoms with E-state index in [1.807, 2.05) is 0 Å². The molecule has 0 saturated heterocycles. The normalized spacial score (nSPS) is 12.1. The Hall–Kier alpha value is -3.31. The fourth-order valence-electron chi connectivity index (χ4n) is 2.80. The van der Waals surface area contributed by atoms with Crippen LogP contribution < -0.4 is 5.32 Å². The predicted octanol–water partition coefficient (Wildman–Crippen LogP) is 3.60. The van der Waals surface area contributed by atoms with Gasteiger partial charge in [0.05, 0.1) is 0 Å². The number of amides is 1. The zero-order chi connectivity index (χ0) is 22.6. The van der Waals surface area contributed by atoms with Crippen molar-refractivity contribution < 1.29 is 30.7 Å². The summed E-state index contributed by atoms with van der Waals surface area (Å²) in [6, 6.07) is 17.7. The Morgan fingerprint density at radius 3 is 1.87 bits per heavy atom. The minimum absolute atomic E-state index is 0.0466. The molecule has 0 fully saturated rings. The zero-order valence-corrected chi connectivity index (χ0v) is 17.5. The molecule has 0 radical (unpaired) electrons. The van der Waals surface area contributed by atoms with Gasteiger partial charge in [0, 0.05) is 11.3 Å². The summed E-state index contributed by atoms with van der Waals surface area (Å²) in [4.78, 5) is 11.4. The second-order valence-electron chi connectivity index (χ2n) is 6.39. The molecule has 0 saturated carbocycles. The number of nitrogens with one attached hydrogen (secondary N) is 1. The van der Waals surface area contributed by atoms with E-state index >= 15 is 0 Å². The minimum atomic E-state index is -4.67. The van der Waals surface area contributed by atoms with Crippen molar-refractivity contribution in [1.29, 1.82) is 0 Å². The van der Waals surface area contributed by atoms with E-state index in [0.29, 0.717) is 5.56 Å². The Balaban J connectivity index is 1.97. The molecule has 160 valence electrons. The molecule has 10 heteroatoms. The van der Waals surface area contributed by atoms with Crippen molar-refractivity contribution in [3.8, 4) is 0 Å². The Morgan fingerprint density at radius 1 is 0.710 bits per heavy atom. The van der Waals surface area contributed by atoms with Gasteiger partial charge < -0.3 is 5.32 Å². The standard InChI is InChI=1S/C21H17NO7S2/c23-21(17-7-2-1-3-8-17)22-18-13-12-16(20(14-18)31(27,28)29)11-10-15-6-4-5-9-19(15)30(24,25)26/h1-14H,(H,22,23)(H,24,25,26)(H,27,28,29). The number of hydrogen-bond acceptors (Lipinski definition) is 5. The smallest absolute Gasteiger partial charge is 0.295 e. The maximum absolute atomic E-state index is 12.3. The largest absolute Gasteiger partial charge is 0.322 e. The van der Waals surface area contributed by atoms with Gasteiger partial charge >= 0.3 is 0 Å². The van der Waals surface area contributed by atoms with E-state index in [1.54, 1.807) is 36.4 Å². The first-order valence-corrected chi connectivity index (χ1v) is 11.7. The van der Waals surface area contributed by atoms with Gasteiger partial charge in [0.2, 0.25) is 0 Å². The van der Waals surface area contributed by atoms with E-state index < -0.39 is 31.0 Å². The fraction of sp³-hybridized carbons (Fsp3) is 0. The molecule has 3 N–H and O–H groups in total. The molecule has 3 aromatic rings. The third-order valence-electron chi connectivity index (χ3n) is 4.22. The maximum Gasteiger partial charge on any atom is 0.295 e. The van der Waals surface area contributed by atoms with Gasteiger partial charge in [0.25, 0.3) is 26.1 Å². The topological polar surface area (TPSA) is 138 Å². The lowest BCUT2D eigenvalue weighted by atomic mass is 10.1. The van der Waals surface area contributed by atoms with Gasteiger partial charge in [-0.3, -0.25) is 13.9 Å². The van der Waals surface area contributed by atoms with Gasteiger partial charge in [0.1, 0.15) is 9.79 Å². The lowest BCUT2D eigenvalue weighted by Crippen LogP contribution is -2.12. The van der Waals surface area contributed by atoms with Crippen LogP contribution in [0.25, 0.3) is 12.2 Å². The third-order valence-corrected chi connectivity index (χ3v) is 6.06. The average Bonchev–Trinajstić information content (AvgIpc) is 2.72. The molecular formula is C21H17NO7S2. The van der Waals surface area contributed by atoms with E-state index in [4.69, 9.17) is 0 Å². The van der Waals surface area contributed by atoms with E-state index in [9.17, 15) is 30.7 Å². The van der Waals surface area contributed by atoms with Crippen LogP contribution in [0.3, 0.4) is 0 Å². The molecule has 0 atom stereocenters. The summed E-state index contributed by atoms with van der Waals surface area (Å²) < 4.78 is 65.7. The molecular weight excluding hydrogens is 442 g/mol. The molecule has 3 rings (SSSR count). The van der Waals surface area contributed by atoms with Gasteiger partial charge in [0.15, 0.2) is 0 Å². The van der Waals surface area contributed by atoms with Crippen LogP contribution >= 0.6 is 0 Å². The van der Waals surface area contributed by atoms with E-state index in [-0.39, 0.29) is 21.7 Å². The number of hydrogen-bond donors (Lipinski definition) is 3. The van der Waals surface area contributed by atoms with E-state index in [0.717, 1.165) is 6.07 Å². The van der Waals surface area contributed by atoms with E-state index in [2.05, 4.69) is 5.32 Å². The fourth-order valence-corrected chi connectivity index (χ4v) is 4.19. The monoisotopic (exact) mass is 459 g/mol. The van der Waals surface area contributed by atoms with Crippen molar-refractivity contribution in [2.75, 3.05) is 5.32 Å². The highest BCUT2D eigenvalue weighted by Gasteiger charge is 2.17. The molecule has 0 aromatic heterocycles. The van der Waals surface area contributed by atoms with Crippen LogP contribution in [-0.4, -0.2) is 31.8 Å². The zero-order valence-electron chi connectivity index (χ0n) is 15.8. The Morgan fingerprint density at radius 2 is 1.26 bits per heavy atom. The minimum Gasteiger partial charge on any atom is -0.322 e. The number of rotatable bonds is 6. The molecule has 0 heterocycles. The van der Waals surface area contributed by atoms with Gasteiger partial charge in [-0.1, -0.05) is 54.6 Å². The summed E-state index contributed by atoms with van der Waals surface area (Å²) in [6.45, 7) is 0. The Bertz CT molecular complexity index is 1360. The van der Waals surface area contributed by atoms with Crippen LogP contribution in [0.2, 0.25) is 0 Å². The number of carbonyl (C=O) groups is 1. The summed E-state index contributed by atoms with van der Waals surface area (Å²) in [7, 11) is -9.16. The molecule has 3 aromatic carbocycles. The number of benzene rings is 3. The summed E-state index contributed by atoms with van der Waals surface area (Å²) in [5, 5.41) is 2.55. The molecule has 0 aliphatic carbocycles. The van der Waals surface area contributed by atoms with Crippen LogP contribution in [0.1, 0.15) is 21.5 Å². The van der Waals surface area contributed by atoms with Crippen molar-refractivity contribution >= 4 is 44.0 Å². The average molecular weight is 460 g/mol. The summed E-state index contributed by atoms with van der Waals surface area (Å²) >= 11 is 0. The quantitative estimate of drug-likeness (QED) is 0.378. The van der Waals surface area contributed by atoms with Gasteiger partial charge in [-0.25, -0.2) is 0 Å². The summed E-state index contributed by atoms with van der Waals surface area (Å²) in [5.74, 6) is -0.466. The van der Waals surface area contributed by atoms with Gasteiger partial charge in [-0.15, -0.1) is 0 Å². The lowest BCUT2D eigenvalue weighted by Gasteiger charge is -2.09. The lowest BCUT2D eigenvalue weighted by molar-refractivity contribution is 0.102. The molecule has 0 bridgehead atoms. The molecule has 8 nitrogen and oxygen atoms in total. The van der Waals surface area contributed by atoms with Crippen LogP contribution in [0.4, 0.5) is 5.69 Å². The van der Waals surface area contributed by atoms with Gasteiger partial charge in [-0.2, -0.15) is 16.8 Å². The Kier molecular flexibility index (Phi) is 6.37. The van der Waals surface area contributed by atoms with Crippen molar-refractivity contribution in [2.24, 2.45) is 0 Å². The summed E-state index contributed by atoms with van der Waals surface area (Å²) in [5.41, 5.74) is 0.664. The van der Waals surface area contributed by atoms with Crippen molar-refractivity contribution in [2.45, 2.75) is 9.79 Å². The second kappa shape index (κ2) is 8.82. The van der Waals surface area contributed by atoms with Crippen LogP contribution in [-0.2, 0) is 20.2 Å². The molecule has 0 spiro atoms. The van der Waals surface area contributed by atoms with Crippen LogP contribution in [0.5, 0.6) is 0 Å². The third kappa shape index (κ3) is 5.64. The predicted molar refractivity (Wildman–Crippen MR) is 116 cm³/mol. The molecule has 0 unspecified atom stereocenters. The van der Waals surface area contributed by atoms with Crippen LogP contribution in [0.15, 0.2) is 82.6 Å². The van der Waals surface area contributed by atoms with Crippen LogP contribution in [0, 0.1) is 0 Å².